The summed E-state index contributed by atoms with van der Waals surface area (Å²) >= 11 is 0. The van der Waals surface area contributed by atoms with E-state index >= 15 is 0 Å². The molecule has 5 amide bonds. The normalized spacial score (nSPS) is 32.2. The van der Waals surface area contributed by atoms with E-state index in [1.54, 1.807) is 0 Å². The van der Waals surface area contributed by atoms with Crippen LogP contribution in [-0.4, -0.2) is 150 Å². The Morgan fingerprint density at radius 1 is 0.566 bits per heavy atom. The first-order valence-corrected chi connectivity index (χ1v) is 21.9. The van der Waals surface area contributed by atoms with Gasteiger partial charge < -0.3 is 45.2 Å². The van der Waals surface area contributed by atoms with E-state index < -0.39 is 5.60 Å². The number of amides is 5. The summed E-state index contributed by atoms with van der Waals surface area (Å²) in [6.45, 7) is 15.9. The Balaban J connectivity index is 0.000000170. The lowest BCUT2D eigenvalue weighted by Gasteiger charge is -2.50. The minimum Gasteiger partial charge on any atom is -0.444 e. The van der Waals surface area contributed by atoms with E-state index in [9.17, 15) is 14.4 Å². The number of urea groups is 2. The summed E-state index contributed by atoms with van der Waals surface area (Å²) in [4.78, 5) is 49.2. The predicted octanol–water partition coefficient (Wildman–Crippen LogP) is 5.22. The fourth-order valence-electron chi connectivity index (χ4n) is 11.3. The van der Waals surface area contributed by atoms with Crippen LogP contribution in [0.15, 0.2) is 0 Å². The van der Waals surface area contributed by atoms with Gasteiger partial charge in [0.15, 0.2) is 0 Å². The Morgan fingerprint density at radius 3 is 1.43 bits per heavy atom. The van der Waals surface area contributed by atoms with Crippen molar-refractivity contribution >= 4 is 18.2 Å². The van der Waals surface area contributed by atoms with Crippen molar-refractivity contribution in [2.75, 3.05) is 65.4 Å². The summed E-state index contributed by atoms with van der Waals surface area (Å²) in [5.41, 5.74) is -0.437. The highest BCUT2D eigenvalue weighted by molar-refractivity contribution is 5.76. The third-order valence-electron chi connectivity index (χ3n) is 14.2. The monoisotopic (exact) mass is 741 g/mol. The molecule has 4 atom stereocenters. The lowest BCUT2D eigenvalue weighted by Crippen LogP contribution is -2.63. The van der Waals surface area contributed by atoms with Gasteiger partial charge in [0.05, 0.1) is 0 Å². The molecule has 0 aromatic carbocycles. The first-order chi connectivity index (χ1) is 25.6. The number of likely N-dealkylation sites (tertiary alicyclic amines) is 3. The van der Waals surface area contributed by atoms with Crippen molar-refractivity contribution in [2.45, 2.75) is 165 Å². The van der Waals surface area contributed by atoms with E-state index in [1.807, 2.05) is 25.7 Å². The molecule has 0 aromatic heterocycles. The molecule has 0 aromatic rings. The molecule has 53 heavy (non-hydrogen) atoms. The average molecular weight is 741 g/mol. The van der Waals surface area contributed by atoms with Crippen LogP contribution in [0.3, 0.4) is 0 Å². The Labute approximate surface area is 319 Å². The molecule has 2 aliphatic carbocycles. The highest BCUT2D eigenvalue weighted by atomic mass is 16.6. The van der Waals surface area contributed by atoms with Gasteiger partial charge in [0.1, 0.15) is 5.60 Å². The molecule has 12 nitrogen and oxygen atoms in total. The fraction of sp³-hybridized carbons (Fsp3) is 0.927. The molecule has 6 heterocycles. The lowest BCUT2D eigenvalue weighted by atomic mass is 9.81. The number of carbonyl (C=O) groups excluding carboxylic acids is 3. The summed E-state index contributed by atoms with van der Waals surface area (Å²) in [5, 5.41) is 9.79. The van der Waals surface area contributed by atoms with Gasteiger partial charge in [0, 0.05) is 88.6 Å². The second-order valence-electron chi connectivity index (χ2n) is 18.6. The van der Waals surface area contributed by atoms with E-state index in [1.165, 1.54) is 103 Å². The van der Waals surface area contributed by atoms with Crippen LogP contribution in [0.5, 0.6) is 0 Å². The van der Waals surface area contributed by atoms with E-state index in [-0.39, 0.29) is 18.2 Å². The Kier molecular flexibility index (Phi) is 13.0. The van der Waals surface area contributed by atoms with Crippen molar-refractivity contribution in [3.05, 3.63) is 0 Å². The summed E-state index contributed by atoms with van der Waals surface area (Å²) in [5.74, 6) is 1.34. The number of carbonyl (C=O) groups is 3. The zero-order chi connectivity index (χ0) is 37.0. The smallest absolute Gasteiger partial charge is 0.410 e. The van der Waals surface area contributed by atoms with E-state index in [4.69, 9.17) is 4.74 Å². The predicted molar refractivity (Wildman–Crippen MR) is 208 cm³/mol. The lowest BCUT2D eigenvalue weighted by molar-refractivity contribution is 0.00587. The summed E-state index contributed by atoms with van der Waals surface area (Å²) in [6.07, 6.45) is 19.1. The SMILES string of the molecule is CC(C)(C)OC(=O)N1CCC(N2CCC(N3C(=O)NC[C@H]4CCCC[C@@H]43)CC2)CC1.O=C1NC[C@H]2CCCC[C@@H]2N1C1CCN(C2CCNCC2)CC1. The number of hydrogen-bond acceptors (Lipinski definition) is 7. The van der Waals surface area contributed by atoms with Gasteiger partial charge in [-0.15, -0.1) is 0 Å². The van der Waals surface area contributed by atoms with Gasteiger partial charge in [-0.05, 0) is 123 Å². The maximum atomic E-state index is 12.7. The molecule has 0 spiro atoms. The Hall–Kier alpha value is -2.31. The molecule has 300 valence electrons. The standard InChI is InChI=1S/C23H40N4O3.C18H32N4O/c1-23(2,3)30-22(29)26-14-8-18(9-15-26)25-12-10-19(11-13-25)27-20-7-5-4-6-17(20)16-24-21(27)28;23-18-20-13-14-3-1-2-4-17(14)22(18)16-7-11-21(12-8-16)15-5-9-19-10-6-15/h17-20H,4-16H2,1-3H3,(H,24,28);14-17,19H,1-13H2,(H,20,23)/t17-,20+;14-,17+/m11/s1. The van der Waals surface area contributed by atoms with Crippen LogP contribution in [-0.2, 0) is 4.74 Å². The van der Waals surface area contributed by atoms with Crippen LogP contribution in [0.1, 0.15) is 124 Å². The van der Waals surface area contributed by atoms with Gasteiger partial charge in [0.2, 0.25) is 0 Å². The summed E-state index contributed by atoms with van der Waals surface area (Å²) in [6, 6.07) is 3.54. The van der Waals surface area contributed by atoms with Crippen molar-refractivity contribution in [1.29, 1.82) is 0 Å². The Bertz CT molecular complexity index is 1220. The number of nitrogens with zero attached hydrogens (tertiary/aromatic N) is 5. The quantitative estimate of drug-likeness (QED) is 0.363. The number of hydrogen-bond donors (Lipinski definition) is 3. The van der Waals surface area contributed by atoms with Crippen molar-refractivity contribution in [2.24, 2.45) is 11.8 Å². The molecular weight excluding hydrogens is 669 g/mol. The molecule has 0 unspecified atom stereocenters. The zero-order valence-corrected chi connectivity index (χ0v) is 33.4. The van der Waals surface area contributed by atoms with Crippen LogP contribution in [0.2, 0.25) is 0 Å². The molecule has 8 aliphatic rings. The second-order valence-corrected chi connectivity index (χ2v) is 18.6. The number of piperidine rings is 4. The van der Waals surface area contributed by atoms with Gasteiger partial charge in [-0.25, -0.2) is 14.4 Å². The highest BCUT2D eigenvalue weighted by Crippen LogP contribution is 2.36. The maximum absolute atomic E-state index is 12.7. The minimum absolute atomic E-state index is 0.169. The van der Waals surface area contributed by atoms with E-state index in [0.29, 0.717) is 42.0 Å². The third kappa shape index (κ3) is 9.57. The highest BCUT2D eigenvalue weighted by Gasteiger charge is 2.43. The minimum atomic E-state index is -0.437. The van der Waals surface area contributed by atoms with E-state index in [2.05, 4.69) is 35.6 Å². The van der Waals surface area contributed by atoms with Gasteiger partial charge in [0.25, 0.3) is 0 Å². The van der Waals surface area contributed by atoms with Crippen molar-refractivity contribution in [3.8, 4) is 0 Å². The average Bonchev–Trinajstić information content (AvgIpc) is 3.18. The molecular formula is C41H72N8O4. The first kappa shape index (κ1) is 38.9. The maximum Gasteiger partial charge on any atom is 0.410 e. The summed E-state index contributed by atoms with van der Waals surface area (Å²) < 4.78 is 5.52. The first-order valence-electron chi connectivity index (χ1n) is 21.9. The van der Waals surface area contributed by atoms with Crippen LogP contribution in [0.4, 0.5) is 14.4 Å². The second kappa shape index (κ2) is 17.7. The van der Waals surface area contributed by atoms with Gasteiger partial charge in [-0.3, -0.25) is 0 Å². The third-order valence-corrected chi connectivity index (χ3v) is 14.2. The largest absolute Gasteiger partial charge is 0.444 e. The molecule has 8 fully saturated rings. The molecule has 12 heteroatoms. The van der Waals surface area contributed by atoms with Crippen LogP contribution < -0.4 is 16.0 Å². The molecule has 6 aliphatic heterocycles. The van der Waals surface area contributed by atoms with Gasteiger partial charge >= 0.3 is 18.2 Å². The number of rotatable bonds is 4. The molecule has 0 bridgehead atoms. The van der Waals surface area contributed by atoms with Gasteiger partial charge in [-0.2, -0.15) is 0 Å². The zero-order valence-electron chi connectivity index (χ0n) is 33.4. The van der Waals surface area contributed by atoms with E-state index in [0.717, 1.165) is 71.0 Å². The molecule has 8 rings (SSSR count). The van der Waals surface area contributed by atoms with Gasteiger partial charge in [-0.1, -0.05) is 25.7 Å². The molecule has 6 saturated heterocycles. The summed E-state index contributed by atoms with van der Waals surface area (Å²) in [7, 11) is 0. The fourth-order valence-corrected chi connectivity index (χ4v) is 11.3. The Morgan fingerprint density at radius 2 is 0.981 bits per heavy atom. The van der Waals surface area contributed by atoms with Crippen LogP contribution in [0.25, 0.3) is 0 Å². The number of fused-ring (bicyclic) bond motifs is 2. The van der Waals surface area contributed by atoms with Crippen LogP contribution in [0, 0.1) is 11.8 Å². The topological polar surface area (TPSA) is 113 Å². The molecule has 0 radical (unpaired) electrons. The van der Waals surface area contributed by atoms with Crippen molar-refractivity contribution < 1.29 is 19.1 Å². The molecule has 2 saturated carbocycles. The van der Waals surface area contributed by atoms with Crippen molar-refractivity contribution in [1.82, 2.24) is 40.4 Å². The van der Waals surface area contributed by atoms with Crippen LogP contribution >= 0.6 is 0 Å². The number of nitrogens with one attached hydrogen (secondary N) is 3. The van der Waals surface area contributed by atoms with Crippen molar-refractivity contribution in [3.63, 3.8) is 0 Å². The molecule has 3 N–H and O–H groups in total. The number of ether oxygens (including phenoxy) is 1.